The normalized spacial score (nSPS) is 17.6. The standard InChI is InChI=1S/C13H17N3O3S.ClH/c17-13(15-10-2-1-7-14-8-10)9-20-12-5-3-11(4-6-12)16(18)19;/h3-6,10,14H,1-2,7-9H2,(H,15,17);1H. The molecule has 0 aromatic heterocycles. The molecule has 1 amide bonds. The second-order valence-electron chi connectivity index (χ2n) is 4.65. The lowest BCUT2D eigenvalue weighted by Gasteiger charge is -2.23. The molecule has 1 aliphatic rings. The summed E-state index contributed by atoms with van der Waals surface area (Å²) in [5, 5.41) is 16.8. The first-order chi connectivity index (χ1) is 9.65. The lowest BCUT2D eigenvalue weighted by molar-refractivity contribution is -0.384. The number of hydrogen-bond acceptors (Lipinski definition) is 5. The van der Waals surface area contributed by atoms with Crippen molar-refractivity contribution in [1.29, 1.82) is 0 Å². The molecule has 1 fully saturated rings. The SMILES string of the molecule is Cl.O=C(CSc1ccc([N+](=O)[O-])cc1)NC1CCCNC1. The van der Waals surface area contributed by atoms with Crippen LogP contribution in [0.3, 0.4) is 0 Å². The van der Waals surface area contributed by atoms with Gasteiger partial charge in [0.05, 0.1) is 10.7 Å². The molecule has 0 spiro atoms. The van der Waals surface area contributed by atoms with Crippen molar-refractivity contribution in [1.82, 2.24) is 10.6 Å². The van der Waals surface area contributed by atoms with E-state index in [1.165, 1.54) is 23.9 Å². The number of hydrogen-bond donors (Lipinski definition) is 2. The minimum atomic E-state index is -0.433. The first-order valence-electron chi connectivity index (χ1n) is 6.52. The minimum absolute atomic E-state index is 0. The van der Waals surface area contributed by atoms with Gasteiger partial charge in [-0.25, -0.2) is 0 Å². The van der Waals surface area contributed by atoms with Gasteiger partial charge < -0.3 is 10.6 Å². The van der Waals surface area contributed by atoms with E-state index in [0.717, 1.165) is 30.8 Å². The number of carbonyl (C=O) groups is 1. The van der Waals surface area contributed by atoms with Crippen molar-refractivity contribution >= 4 is 35.8 Å². The van der Waals surface area contributed by atoms with E-state index >= 15 is 0 Å². The van der Waals surface area contributed by atoms with Crippen LogP contribution in [0.4, 0.5) is 5.69 Å². The summed E-state index contributed by atoms with van der Waals surface area (Å²) in [7, 11) is 0. The molecule has 116 valence electrons. The number of nitro groups is 1. The summed E-state index contributed by atoms with van der Waals surface area (Å²) >= 11 is 1.38. The maximum atomic E-state index is 11.8. The van der Waals surface area contributed by atoms with E-state index in [2.05, 4.69) is 10.6 Å². The molecular weight excluding hydrogens is 314 g/mol. The largest absolute Gasteiger partial charge is 0.351 e. The van der Waals surface area contributed by atoms with Gasteiger partial charge in [-0.05, 0) is 31.5 Å². The van der Waals surface area contributed by atoms with Crippen LogP contribution >= 0.6 is 24.2 Å². The summed E-state index contributed by atoms with van der Waals surface area (Å²) < 4.78 is 0. The Labute approximate surface area is 133 Å². The molecule has 2 N–H and O–H groups in total. The summed E-state index contributed by atoms with van der Waals surface area (Å²) in [4.78, 5) is 22.7. The molecule has 2 rings (SSSR count). The van der Waals surface area contributed by atoms with E-state index in [1.807, 2.05) is 0 Å². The average Bonchev–Trinajstić information content (AvgIpc) is 2.46. The zero-order chi connectivity index (χ0) is 14.4. The van der Waals surface area contributed by atoms with Gasteiger partial charge in [0.25, 0.3) is 5.69 Å². The topological polar surface area (TPSA) is 84.3 Å². The highest BCUT2D eigenvalue weighted by molar-refractivity contribution is 8.00. The fourth-order valence-corrected chi connectivity index (χ4v) is 2.77. The van der Waals surface area contributed by atoms with Crippen LogP contribution in [-0.4, -0.2) is 35.7 Å². The monoisotopic (exact) mass is 331 g/mol. The van der Waals surface area contributed by atoms with E-state index in [1.54, 1.807) is 12.1 Å². The van der Waals surface area contributed by atoms with Gasteiger partial charge in [-0.1, -0.05) is 0 Å². The maximum Gasteiger partial charge on any atom is 0.269 e. The molecule has 1 atom stereocenters. The van der Waals surface area contributed by atoms with Crippen molar-refractivity contribution < 1.29 is 9.72 Å². The molecule has 21 heavy (non-hydrogen) atoms. The summed E-state index contributed by atoms with van der Waals surface area (Å²) in [5.74, 6) is 0.330. The summed E-state index contributed by atoms with van der Waals surface area (Å²) in [6.07, 6.45) is 2.10. The van der Waals surface area contributed by atoms with Crippen LogP contribution < -0.4 is 10.6 Å². The lowest BCUT2D eigenvalue weighted by atomic mass is 10.1. The van der Waals surface area contributed by atoms with E-state index in [-0.39, 0.29) is 30.0 Å². The van der Waals surface area contributed by atoms with E-state index in [0.29, 0.717) is 5.75 Å². The highest BCUT2D eigenvalue weighted by Crippen LogP contribution is 2.21. The average molecular weight is 332 g/mol. The second-order valence-corrected chi connectivity index (χ2v) is 5.70. The van der Waals surface area contributed by atoms with Crippen LogP contribution in [0.1, 0.15) is 12.8 Å². The number of thioether (sulfide) groups is 1. The fraction of sp³-hybridized carbons (Fsp3) is 0.462. The molecule has 6 nitrogen and oxygen atoms in total. The predicted molar refractivity (Wildman–Crippen MR) is 85.1 cm³/mol. The number of carbonyl (C=O) groups excluding carboxylic acids is 1. The van der Waals surface area contributed by atoms with E-state index in [9.17, 15) is 14.9 Å². The van der Waals surface area contributed by atoms with Crippen LogP contribution in [0.25, 0.3) is 0 Å². The Morgan fingerprint density at radius 1 is 1.43 bits per heavy atom. The molecule has 8 heteroatoms. The van der Waals surface area contributed by atoms with Crippen LogP contribution in [-0.2, 0) is 4.79 Å². The van der Waals surface area contributed by atoms with Crippen LogP contribution in [0.5, 0.6) is 0 Å². The Kier molecular flexibility index (Phi) is 7.49. The first-order valence-corrected chi connectivity index (χ1v) is 7.51. The van der Waals surface area contributed by atoms with Crippen molar-refractivity contribution in [3.05, 3.63) is 34.4 Å². The number of non-ortho nitro benzene ring substituents is 1. The molecule has 1 aromatic rings. The number of nitrogens with one attached hydrogen (secondary N) is 2. The third-order valence-corrected chi connectivity index (χ3v) is 4.09. The Bertz CT molecular complexity index is 478. The highest BCUT2D eigenvalue weighted by atomic mass is 35.5. The van der Waals surface area contributed by atoms with Gasteiger partial charge >= 0.3 is 0 Å². The van der Waals surface area contributed by atoms with Crippen LogP contribution in [0, 0.1) is 10.1 Å². The van der Waals surface area contributed by atoms with Gasteiger partial charge in [0.2, 0.25) is 5.91 Å². The number of halogens is 1. The van der Waals surface area contributed by atoms with Crippen molar-refractivity contribution in [3.8, 4) is 0 Å². The number of rotatable bonds is 5. The molecule has 1 aliphatic heterocycles. The molecule has 1 aromatic carbocycles. The molecule has 1 saturated heterocycles. The predicted octanol–water partition coefficient (Wildman–Crippen LogP) is 1.98. The van der Waals surface area contributed by atoms with Crippen molar-refractivity contribution in [3.63, 3.8) is 0 Å². The van der Waals surface area contributed by atoms with E-state index in [4.69, 9.17) is 0 Å². The van der Waals surface area contributed by atoms with Crippen molar-refractivity contribution in [2.45, 2.75) is 23.8 Å². The smallest absolute Gasteiger partial charge is 0.269 e. The van der Waals surface area contributed by atoms with Gasteiger partial charge in [0, 0.05) is 29.6 Å². The Balaban J connectivity index is 0.00000220. The van der Waals surface area contributed by atoms with Crippen LogP contribution in [0.15, 0.2) is 29.2 Å². The van der Waals surface area contributed by atoms with Gasteiger partial charge in [-0.3, -0.25) is 14.9 Å². The minimum Gasteiger partial charge on any atom is -0.351 e. The number of benzene rings is 1. The Morgan fingerprint density at radius 2 is 2.14 bits per heavy atom. The fourth-order valence-electron chi connectivity index (χ4n) is 2.06. The van der Waals surface area contributed by atoms with Crippen molar-refractivity contribution in [2.75, 3.05) is 18.8 Å². The zero-order valence-corrected chi connectivity index (χ0v) is 13.0. The molecule has 0 saturated carbocycles. The quantitative estimate of drug-likeness (QED) is 0.489. The third-order valence-electron chi connectivity index (χ3n) is 3.08. The number of nitrogens with zero attached hydrogens (tertiary/aromatic N) is 1. The van der Waals surface area contributed by atoms with E-state index < -0.39 is 4.92 Å². The van der Waals surface area contributed by atoms with Crippen molar-refractivity contribution in [2.24, 2.45) is 0 Å². The molecule has 0 bridgehead atoms. The summed E-state index contributed by atoms with van der Waals surface area (Å²) in [6.45, 7) is 1.85. The zero-order valence-electron chi connectivity index (χ0n) is 11.4. The number of piperidine rings is 1. The lowest BCUT2D eigenvalue weighted by Crippen LogP contribution is -2.46. The van der Waals surface area contributed by atoms with Crippen LogP contribution in [0.2, 0.25) is 0 Å². The summed E-state index contributed by atoms with van der Waals surface area (Å²) in [5.41, 5.74) is 0.0621. The number of nitro benzene ring substituents is 1. The van der Waals surface area contributed by atoms with Gasteiger partial charge in [-0.2, -0.15) is 0 Å². The Morgan fingerprint density at radius 3 is 2.71 bits per heavy atom. The number of amides is 1. The third kappa shape index (κ3) is 5.91. The molecule has 1 unspecified atom stereocenters. The maximum absolute atomic E-state index is 11.8. The Hall–Kier alpha value is -1.31. The highest BCUT2D eigenvalue weighted by Gasteiger charge is 2.15. The molecule has 0 radical (unpaired) electrons. The molecule has 1 heterocycles. The van der Waals surface area contributed by atoms with Gasteiger partial charge in [0.15, 0.2) is 0 Å². The first kappa shape index (κ1) is 17.7. The summed E-state index contributed by atoms with van der Waals surface area (Å²) in [6, 6.07) is 6.45. The second kappa shape index (κ2) is 8.86. The molecular formula is C13H18ClN3O3S. The van der Waals surface area contributed by atoms with Gasteiger partial charge in [0.1, 0.15) is 0 Å². The van der Waals surface area contributed by atoms with Gasteiger partial charge in [-0.15, -0.1) is 24.2 Å². The molecule has 0 aliphatic carbocycles.